The van der Waals surface area contributed by atoms with Crippen molar-refractivity contribution >= 4 is 5.91 Å². The summed E-state index contributed by atoms with van der Waals surface area (Å²) in [6.07, 6.45) is -1.22. The van der Waals surface area contributed by atoms with Gasteiger partial charge in [-0.25, -0.2) is 0 Å². The molecule has 1 fully saturated rings. The van der Waals surface area contributed by atoms with Crippen LogP contribution in [0.25, 0.3) is 0 Å². The number of alkyl halides is 3. The highest BCUT2D eigenvalue weighted by Gasteiger charge is 2.34. The maximum Gasteiger partial charge on any atom is 0.416 e. The van der Waals surface area contributed by atoms with E-state index in [1.165, 1.54) is 6.07 Å². The SMILES string of the molecule is CC(C)(C(=O)NCCC1CCCNC1)c1cccc(C(F)(F)F)c1. The third-order valence-corrected chi connectivity index (χ3v) is 4.72. The third kappa shape index (κ3) is 4.72. The first-order valence-corrected chi connectivity index (χ1v) is 8.38. The van der Waals surface area contributed by atoms with Gasteiger partial charge in [-0.15, -0.1) is 0 Å². The van der Waals surface area contributed by atoms with Crippen molar-refractivity contribution in [1.29, 1.82) is 0 Å². The van der Waals surface area contributed by atoms with Gasteiger partial charge in [0.05, 0.1) is 11.0 Å². The normalized spacial score (nSPS) is 19.1. The van der Waals surface area contributed by atoms with Gasteiger partial charge in [0, 0.05) is 6.54 Å². The minimum Gasteiger partial charge on any atom is -0.355 e. The second-order valence-corrected chi connectivity index (χ2v) is 6.96. The van der Waals surface area contributed by atoms with E-state index in [9.17, 15) is 18.0 Å². The summed E-state index contributed by atoms with van der Waals surface area (Å²) in [5.41, 5.74) is -1.37. The number of rotatable bonds is 5. The lowest BCUT2D eigenvalue weighted by atomic mass is 9.82. The van der Waals surface area contributed by atoms with E-state index < -0.39 is 17.2 Å². The van der Waals surface area contributed by atoms with E-state index in [-0.39, 0.29) is 5.91 Å². The van der Waals surface area contributed by atoms with E-state index in [4.69, 9.17) is 0 Å². The Morgan fingerprint density at radius 3 is 2.62 bits per heavy atom. The fourth-order valence-electron chi connectivity index (χ4n) is 3.00. The van der Waals surface area contributed by atoms with Crippen molar-refractivity contribution in [2.45, 2.75) is 44.7 Å². The van der Waals surface area contributed by atoms with Crippen LogP contribution in [-0.2, 0) is 16.4 Å². The molecule has 0 aliphatic carbocycles. The lowest BCUT2D eigenvalue weighted by Gasteiger charge is -2.26. The van der Waals surface area contributed by atoms with Crippen LogP contribution >= 0.6 is 0 Å². The monoisotopic (exact) mass is 342 g/mol. The standard InChI is InChI=1S/C18H25F3N2O/c1-17(2,14-6-3-7-15(11-14)18(19,20)21)16(24)23-10-8-13-5-4-9-22-12-13/h3,6-7,11,13,22H,4-5,8-10,12H2,1-2H3,(H,23,24). The summed E-state index contributed by atoms with van der Waals surface area (Å²) >= 11 is 0. The number of hydrogen-bond donors (Lipinski definition) is 2. The molecule has 0 bridgehead atoms. The van der Waals surface area contributed by atoms with Crippen molar-refractivity contribution < 1.29 is 18.0 Å². The second kappa shape index (κ2) is 7.55. The number of piperidine rings is 1. The summed E-state index contributed by atoms with van der Waals surface area (Å²) in [7, 11) is 0. The third-order valence-electron chi connectivity index (χ3n) is 4.72. The number of benzene rings is 1. The van der Waals surface area contributed by atoms with Crippen LogP contribution in [0.2, 0.25) is 0 Å². The van der Waals surface area contributed by atoms with E-state index in [0.717, 1.165) is 44.5 Å². The second-order valence-electron chi connectivity index (χ2n) is 6.96. The Kier molecular flexibility index (Phi) is 5.91. The summed E-state index contributed by atoms with van der Waals surface area (Å²) in [5, 5.41) is 6.21. The fraction of sp³-hybridized carbons (Fsp3) is 0.611. The molecular formula is C18H25F3N2O. The minimum absolute atomic E-state index is 0.245. The molecule has 0 radical (unpaired) electrons. The summed E-state index contributed by atoms with van der Waals surface area (Å²) in [4.78, 5) is 12.5. The molecule has 1 atom stereocenters. The van der Waals surface area contributed by atoms with Crippen LogP contribution in [0.5, 0.6) is 0 Å². The van der Waals surface area contributed by atoms with Crippen LogP contribution in [0.15, 0.2) is 24.3 Å². The zero-order valence-corrected chi connectivity index (χ0v) is 14.2. The predicted molar refractivity (Wildman–Crippen MR) is 87.7 cm³/mol. The van der Waals surface area contributed by atoms with Crippen molar-refractivity contribution in [3.63, 3.8) is 0 Å². The average molecular weight is 342 g/mol. The molecule has 1 aromatic carbocycles. The highest BCUT2D eigenvalue weighted by atomic mass is 19.4. The van der Waals surface area contributed by atoms with E-state index in [1.807, 2.05) is 0 Å². The van der Waals surface area contributed by atoms with Crippen molar-refractivity contribution in [1.82, 2.24) is 10.6 Å². The minimum atomic E-state index is -4.41. The Hall–Kier alpha value is -1.56. The number of carbonyl (C=O) groups is 1. The smallest absolute Gasteiger partial charge is 0.355 e. The lowest BCUT2D eigenvalue weighted by Crippen LogP contribution is -2.41. The Labute approximate surface area is 141 Å². The highest BCUT2D eigenvalue weighted by Crippen LogP contribution is 2.32. The number of halogens is 3. The molecular weight excluding hydrogens is 317 g/mol. The number of hydrogen-bond acceptors (Lipinski definition) is 2. The molecule has 1 aromatic rings. The van der Waals surface area contributed by atoms with Crippen LogP contribution in [-0.4, -0.2) is 25.5 Å². The topological polar surface area (TPSA) is 41.1 Å². The lowest BCUT2D eigenvalue weighted by molar-refractivity contribution is -0.138. The Bertz CT molecular complexity index is 564. The largest absolute Gasteiger partial charge is 0.416 e. The van der Waals surface area contributed by atoms with E-state index in [2.05, 4.69) is 10.6 Å². The number of amides is 1. The molecule has 1 aliphatic heterocycles. The summed E-state index contributed by atoms with van der Waals surface area (Å²) in [6, 6.07) is 5.00. The first-order chi connectivity index (χ1) is 11.2. The summed E-state index contributed by atoms with van der Waals surface area (Å²) in [5.74, 6) is 0.307. The van der Waals surface area contributed by atoms with Crippen molar-refractivity contribution in [2.75, 3.05) is 19.6 Å². The molecule has 1 amide bonds. The van der Waals surface area contributed by atoms with Gasteiger partial charge in [0.2, 0.25) is 5.91 Å². The molecule has 1 saturated heterocycles. The zero-order chi connectivity index (χ0) is 17.8. The van der Waals surface area contributed by atoms with Crippen LogP contribution in [0.3, 0.4) is 0 Å². The van der Waals surface area contributed by atoms with E-state index in [1.54, 1.807) is 19.9 Å². The highest BCUT2D eigenvalue weighted by molar-refractivity contribution is 5.87. The number of nitrogens with one attached hydrogen (secondary N) is 2. The maximum atomic E-state index is 12.9. The van der Waals surface area contributed by atoms with Gasteiger partial charge in [-0.05, 0) is 63.7 Å². The fourth-order valence-corrected chi connectivity index (χ4v) is 3.00. The molecule has 134 valence electrons. The van der Waals surface area contributed by atoms with Gasteiger partial charge >= 0.3 is 6.18 Å². The van der Waals surface area contributed by atoms with E-state index in [0.29, 0.717) is 18.0 Å². The molecule has 6 heteroatoms. The Balaban J connectivity index is 1.96. The van der Waals surface area contributed by atoms with Gasteiger partial charge in [-0.2, -0.15) is 13.2 Å². The Morgan fingerprint density at radius 1 is 1.29 bits per heavy atom. The van der Waals surface area contributed by atoms with Gasteiger partial charge in [0.15, 0.2) is 0 Å². The summed E-state index contributed by atoms with van der Waals surface area (Å²) in [6.45, 7) is 5.87. The molecule has 1 unspecified atom stereocenters. The predicted octanol–water partition coefficient (Wildman–Crippen LogP) is 3.49. The first kappa shape index (κ1) is 18.8. The van der Waals surface area contributed by atoms with Crippen LogP contribution in [0.4, 0.5) is 13.2 Å². The van der Waals surface area contributed by atoms with Gasteiger partial charge in [-0.3, -0.25) is 4.79 Å². The zero-order valence-electron chi connectivity index (χ0n) is 14.2. The molecule has 0 spiro atoms. The molecule has 0 aromatic heterocycles. The quantitative estimate of drug-likeness (QED) is 0.860. The average Bonchev–Trinajstić information content (AvgIpc) is 2.55. The molecule has 1 aliphatic rings. The van der Waals surface area contributed by atoms with Crippen LogP contribution in [0.1, 0.15) is 44.2 Å². The molecule has 1 heterocycles. The van der Waals surface area contributed by atoms with Crippen LogP contribution < -0.4 is 10.6 Å². The van der Waals surface area contributed by atoms with Gasteiger partial charge in [0.1, 0.15) is 0 Å². The first-order valence-electron chi connectivity index (χ1n) is 8.38. The van der Waals surface area contributed by atoms with E-state index >= 15 is 0 Å². The van der Waals surface area contributed by atoms with Crippen molar-refractivity contribution in [3.8, 4) is 0 Å². The van der Waals surface area contributed by atoms with Gasteiger partial charge < -0.3 is 10.6 Å². The van der Waals surface area contributed by atoms with Crippen molar-refractivity contribution in [2.24, 2.45) is 5.92 Å². The maximum absolute atomic E-state index is 12.9. The Morgan fingerprint density at radius 2 is 2.00 bits per heavy atom. The van der Waals surface area contributed by atoms with Gasteiger partial charge in [0.25, 0.3) is 0 Å². The summed E-state index contributed by atoms with van der Waals surface area (Å²) < 4.78 is 38.6. The molecule has 0 saturated carbocycles. The molecule has 2 N–H and O–H groups in total. The molecule has 3 nitrogen and oxygen atoms in total. The van der Waals surface area contributed by atoms with Crippen LogP contribution in [0, 0.1) is 5.92 Å². The molecule has 24 heavy (non-hydrogen) atoms. The molecule has 2 rings (SSSR count). The van der Waals surface area contributed by atoms with Crippen molar-refractivity contribution in [3.05, 3.63) is 35.4 Å². The number of carbonyl (C=O) groups excluding carboxylic acids is 1. The van der Waals surface area contributed by atoms with Gasteiger partial charge in [-0.1, -0.05) is 18.2 Å².